The molecule has 0 amide bonds. The third-order valence-corrected chi connectivity index (χ3v) is 3.32. The molecule has 0 heterocycles. The summed E-state index contributed by atoms with van der Waals surface area (Å²) in [5.41, 5.74) is 7.87. The summed E-state index contributed by atoms with van der Waals surface area (Å²) in [5.74, 6) is 0.652. The van der Waals surface area contributed by atoms with Crippen LogP contribution < -0.4 is 5.73 Å². The lowest BCUT2D eigenvalue weighted by Gasteiger charge is -2.03. The van der Waals surface area contributed by atoms with Gasteiger partial charge in [0.25, 0.3) is 0 Å². The zero-order valence-corrected chi connectivity index (χ0v) is 9.16. The van der Waals surface area contributed by atoms with E-state index in [1.807, 2.05) is 24.3 Å². The van der Waals surface area contributed by atoms with E-state index >= 15 is 0 Å². The van der Waals surface area contributed by atoms with Crippen LogP contribution in [0, 0.1) is 0 Å². The Hall–Kier alpha value is -0.310. The van der Waals surface area contributed by atoms with E-state index in [0.717, 1.165) is 10.6 Å². The van der Waals surface area contributed by atoms with Gasteiger partial charge in [-0.2, -0.15) is 0 Å². The van der Waals surface area contributed by atoms with E-state index < -0.39 is 0 Å². The van der Waals surface area contributed by atoms with E-state index in [4.69, 9.17) is 28.9 Å². The van der Waals surface area contributed by atoms with Crippen molar-refractivity contribution in [1.29, 1.82) is 0 Å². The molecule has 2 N–H and O–H groups in total. The number of hydrogen-bond acceptors (Lipinski definition) is 2. The predicted octanol–water partition coefficient (Wildman–Crippen LogP) is 3.68. The van der Waals surface area contributed by atoms with Gasteiger partial charge in [0.2, 0.25) is 0 Å². The van der Waals surface area contributed by atoms with Gasteiger partial charge in [0.15, 0.2) is 0 Å². The standard InChI is InChI=1S/C9H9Cl2NS/c10-5-7(11)6-13-9-4-2-1-3-8(9)12/h1-5H,6,12H2/b7-5-. The zero-order chi connectivity index (χ0) is 9.68. The maximum Gasteiger partial charge on any atom is 0.0452 e. The number of nitrogens with two attached hydrogens (primary N) is 1. The maximum atomic E-state index is 5.74. The summed E-state index contributed by atoms with van der Waals surface area (Å²) in [6.07, 6.45) is 0. The first-order chi connectivity index (χ1) is 6.24. The summed E-state index contributed by atoms with van der Waals surface area (Å²) in [5, 5.41) is 0.620. The molecule has 70 valence electrons. The van der Waals surface area contributed by atoms with Gasteiger partial charge >= 0.3 is 0 Å². The minimum atomic E-state index is 0.620. The summed E-state index contributed by atoms with van der Waals surface area (Å²) in [7, 11) is 0. The van der Waals surface area contributed by atoms with Crippen LogP contribution in [0.3, 0.4) is 0 Å². The maximum absolute atomic E-state index is 5.74. The third-order valence-electron chi connectivity index (χ3n) is 1.40. The van der Waals surface area contributed by atoms with Crippen LogP contribution in [-0.2, 0) is 0 Å². The van der Waals surface area contributed by atoms with Gasteiger partial charge in [-0.05, 0) is 12.1 Å². The van der Waals surface area contributed by atoms with Gasteiger partial charge in [-0.15, -0.1) is 11.8 Å². The van der Waals surface area contributed by atoms with E-state index in [-0.39, 0.29) is 0 Å². The average Bonchev–Trinajstić information content (AvgIpc) is 2.16. The number of para-hydroxylation sites is 1. The fourth-order valence-electron chi connectivity index (χ4n) is 0.790. The van der Waals surface area contributed by atoms with Crippen molar-refractivity contribution in [2.75, 3.05) is 11.5 Å². The fourth-order valence-corrected chi connectivity index (χ4v) is 1.91. The molecule has 1 aromatic carbocycles. The largest absolute Gasteiger partial charge is 0.398 e. The van der Waals surface area contributed by atoms with Crippen molar-refractivity contribution in [2.24, 2.45) is 0 Å². The van der Waals surface area contributed by atoms with Crippen LogP contribution in [0.15, 0.2) is 39.7 Å². The van der Waals surface area contributed by atoms with Crippen LogP contribution in [0.2, 0.25) is 0 Å². The highest BCUT2D eigenvalue weighted by molar-refractivity contribution is 7.99. The van der Waals surface area contributed by atoms with Gasteiger partial charge in [-0.1, -0.05) is 35.3 Å². The monoisotopic (exact) mass is 233 g/mol. The highest BCUT2D eigenvalue weighted by Crippen LogP contribution is 2.27. The first-order valence-corrected chi connectivity index (χ1v) is 5.46. The SMILES string of the molecule is Nc1ccccc1SC/C(Cl)=C/Cl. The van der Waals surface area contributed by atoms with Crippen LogP contribution in [-0.4, -0.2) is 5.75 Å². The fraction of sp³-hybridized carbons (Fsp3) is 0.111. The van der Waals surface area contributed by atoms with Crippen molar-refractivity contribution >= 4 is 40.7 Å². The van der Waals surface area contributed by atoms with Crippen LogP contribution in [0.25, 0.3) is 0 Å². The Labute approximate surface area is 91.9 Å². The van der Waals surface area contributed by atoms with Crippen molar-refractivity contribution in [3.8, 4) is 0 Å². The Morgan fingerprint density at radius 2 is 2.15 bits per heavy atom. The number of nitrogen functional groups attached to an aromatic ring is 1. The molecule has 0 aliphatic heterocycles. The zero-order valence-electron chi connectivity index (χ0n) is 6.84. The molecule has 0 unspecified atom stereocenters. The van der Waals surface area contributed by atoms with Crippen LogP contribution in [0.4, 0.5) is 5.69 Å². The number of halogens is 2. The van der Waals surface area contributed by atoms with Crippen molar-refractivity contribution in [1.82, 2.24) is 0 Å². The minimum absolute atomic E-state index is 0.620. The molecule has 13 heavy (non-hydrogen) atoms. The minimum Gasteiger partial charge on any atom is -0.398 e. The summed E-state index contributed by atoms with van der Waals surface area (Å²) in [6, 6.07) is 7.66. The van der Waals surface area contributed by atoms with Gasteiger partial charge in [0.1, 0.15) is 0 Å². The quantitative estimate of drug-likeness (QED) is 0.637. The van der Waals surface area contributed by atoms with E-state index in [9.17, 15) is 0 Å². The molecule has 0 radical (unpaired) electrons. The van der Waals surface area contributed by atoms with E-state index in [2.05, 4.69) is 0 Å². The summed E-state index contributed by atoms with van der Waals surface area (Å²) in [4.78, 5) is 1.03. The average molecular weight is 234 g/mol. The molecular formula is C9H9Cl2NS. The molecule has 0 spiro atoms. The van der Waals surface area contributed by atoms with Crippen molar-refractivity contribution in [3.05, 3.63) is 34.8 Å². The highest BCUT2D eigenvalue weighted by atomic mass is 35.5. The van der Waals surface area contributed by atoms with Crippen LogP contribution in [0.5, 0.6) is 0 Å². The highest BCUT2D eigenvalue weighted by Gasteiger charge is 1.99. The Kier molecular flexibility index (Phi) is 4.50. The lowest BCUT2D eigenvalue weighted by Crippen LogP contribution is -1.88. The number of hydrogen-bond donors (Lipinski definition) is 1. The van der Waals surface area contributed by atoms with Gasteiger partial charge in [0.05, 0.1) is 0 Å². The van der Waals surface area contributed by atoms with Crippen molar-refractivity contribution < 1.29 is 0 Å². The second kappa shape index (κ2) is 5.43. The summed E-state index contributed by atoms with van der Waals surface area (Å²) in [6.45, 7) is 0. The van der Waals surface area contributed by atoms with Crippen LogP contribution in [0.1, 0.15) is 0 Å². The number of benzene rings is 1. The van der Waals surface area contributed by atoms with Gasteiger partial charge < -0.3 is 5.73 Å². The molecule has 0 aliphatic rings. The van der Waals surface area contributed by atoms with Crippen molar-refractivity contribution in [3.63, 3.8) is 0 Å². The Balaban J connectivity index is 2.60. The molecule has 0 bridgehead atoms. The topological polar surface area (TPSA) is 26.0 Å². The van der Waals surface area contributed by atoms with Crippen LogP contribution >= 0.6 is 35.0 Å². The molecule has 1 rings (SSSR count). The predicted molar refractivity (Wildman–Crippen MR) is 61.4 cm³/mol. The molecular weight excluding hydrogens is 225 g/mol. The lowest BCUT2D eigenvalue weighted by atomic mass is 10.3. The molecule has 0 fully saturated rings. The number of anilines is 1. The second-order valence-corrected chi connectivity index (χ2v) is 4.10. The summed E-state index contributed by atoms with van der Waals surface area (Å²) >= 11 is 12.7. The molecule has 0 saturated carbocycles. The molecule has 0 saturated heterocycles. The lowest BCUT2D eigenvalue weighted by molar-refractivity contribution is 1.46. The number of rotatable bonds is 3. The Morgan fingerprint density at radius 3 is 2.77 bits per heavy atom. The Morgan fingerprint density at radius 1 is 1.46 bits per heavy atom. The number of thioether (sulfide) groups is 1. The summed E-state index contributed by atoms with van der Waals surface area (Å²) < 4.78 is 0. The normalized spacial score (nSPS) is 11.7. The first kappa shape index (κ1) is 10.8. The molecule has 1 nitrogen and oxygen atoms in total. The van der Waals surface area contributed by atoms with Gasteiger partial charge in [-0.25, -0.2) is 0 Å². The Bertz CT molecular complexity index is 312. The van der Waals surface area contributed by atoms with E-state index in [1.54, 1.807) is 11.8 Å². The smallest absolute Gasteiger partial charge is 0.0452 e. The molecule has 0 aromatic heterocycles. The van der Waals surface area contributed by atoms with E-state index in [0.29, 0.717) is 10.8 Å². The molecule has 0 atom stereocenters. The molecule has 0 aliphatic carbocycles. The molecule has 4 heteroatoms. The van der Waals surface area contributed by atoms with Gasteiger partial charge in [0, 0.05) is 26.9 Å². The first-order valence-electron chi connectivity index (χ1n) is 3.66. The van der Waals surface area contributed by atoms with Gasteiger partial charge in [-0.3, -0.25) is 0 Å². The van der Waals surface area contributed by atoms with E-state index in [1.165, 1.54) is 5.54 Å². The molecule has 1 aromatic rings. The van der Waals surface area contributed by atoms with Crippen molar-refractivity contribution in [2.45, 2.75) is 4.90 Å². The third kappa shape index (κ3) is 3.51. The second-order valence-electron chi connectivity index (χ2n) is 2.38.